The minimum atomic E-state index is -1.07. The van der Waals surface area contributed by atoms with Crippen LogP contribution >= 0.6 is 11.6 Å². The van der Waals surface area contributed by atoms with Crippen LogP contribution in [0.5, 0.6) is 5.75 Å². The fourth-order valence-electron chi connectivity index (χ4n) is 2.13. The summed E-state index contributed by atoms with van der Waals surface area (Å²) in [5.41, 5.74) is 1.86. The van der Waals surface area contributed by atoms with Crippen molar-refractivity contribution in [2.45, 2.75) is 20.0 Å². The number of nitrogens with one attached hydrogen (secondary N) is 1. The number of benzene rings is 2. The van der Waals surface area contributed by atoms with Gasteiger partial charge >= 0.3 is 5.97 Å². The second kappa shape index (κ2) is 8.88. The van der Waals surface area contributed by atoms with Gasteiger partial charge in [-0.1, -0.05) is 29.8 Å². The van der Waals surface area contributed by atoms with E-state index >= 15 is 0 Å². The number of halogens is 1. The Hall–Kier alpha value is -3.30. The number of carbonyl (C=O) groups is 2. The standard InChI is InChI=1S/C20H17ClN2O4/c1-12-3-6-16(21)10-18(12)23-19(24)15(11-22)9-14-4-7-17(8-5-14)27-13(2)20(25)26/h3-10,13H,1-2H3,(H,23,24)(H,25,26)/b15-9-/t13-/m1/s1. The molecular weight excluding hydrogens is 368 g/mol. The van der Waals surface area contributed by atoms with E-state index in [2.05, 4.69) is 5.32 Å². The van der Waals surface area contributed by atoms with Gasteiger partial charge in [-0.2, -0.15) is 5.26 Å². The van der Waals surface area contributed by atoms with Crippen LogP contribution in [-0.4, -0.2) is 23.1 Å². The monoisotopic (exact) mass is 384 g/mol. The Morgan fingerprint density at radius 1 is 1.26 bits per heavy atom. The van der Waals surface area contributed by atoms with Crippen LogP contribution in [0, 0.1) is 18.3 Å². The van der Waals surface area contributed by atoms with Gasteiger partial charge in [0.05, 0.1) is 0 Å². The highest BCUT2D eigenvalue weighted by Crippen LogP contribution is 2.21. The molecule has 2 rings (SSSR count). The summed E-state index contributed by atoms with van der Waals surface area (Å²) >= 11 is 5.93. The molecule has 1 amide bonds. The van der Waals surface area contributed by atoms with Gasteiger partial charge in [0.15, 0.2) is 6.10 Å². The molecular formula is C20H17ClN2O4. The van der Waals surface area contributed by atoms with Crippen molar-refractivity contribution in [2.24, 2.45) is 0 Å². The lowest BCUT2D eigenvalue weighted by Crippen LogP contribution is -2.22. The Bertz CT molecular complexity index is 930. The maximum atomic E-state index is 12.4. The van der Waals surface area contributed by atoms with Gasteiger partial charge in [-0.05, 0) is 55.3 Å². The van der Waals surface area contributed by atoms with Gasteiger partial charge in [0, 0.05) is 10.7 Å². The zero-order chi connectivity index (χ0) is 20.0. The number of hydrogen-bond donors (Lipinski definition) is 2. The molecule has 0 unspecified atom stereocenters. The van der Waals surface area contributed by atoms with Crippen molar-refractivity contribution in [1.82, 2.24) is 0 Å². The molecule has 138 valence electrons. The number of carbonyl (C=O) groups excluding carboxylic acids is 1. The Labute approximate surface area is 161 Å². The van der Waals surface area contributed by atoms with Crippen LogP contribution in [0.2, 0.25) is 5.02 Å². The van der Waals surface area contributed by atoms with Crippen LogP contribution in [0.3, 0.4) is 0 Å². The average Bonchev–Trinajstić information content (AvgIpc) is 2.63. The Balaban J connectivity index is 2.15. The fraction of sp³-hybridized carbons (Fsp3) is 0.150. The second-order valence-electron chi connectivity index (χ2n) is 5.75. The lowest BCUT2D eigenvalue weighted by molar-refractivity contribution is -0.144. The van der Waals surface area contributed by atoms with Crippen molar-refractivity contribution in [3.8, 4) is 11.8 Å². The summed E-state index contributed by atoms with van der Waals surface area (Å²) in [6, 6.07) is 13.3. The Morgan fingerprint density at radius 2 is 1.93 bits per heavy atom. The van der Waals surface area contributed by atoms with E-state index in [4.69, 9.17) is 21.4 Å². The summed E-state index contributed by atoms with van der Waals surface area (Å²) in [7, 11) is 0. The molecule has 0 heterocycles. The lowest BCUT2D eigenvalue weighted by Gasteiger charge is -2.10. The third-order valence-corrected chi connectivity index (χ3v) is 3.90. The number of carboxylic acid groups (broad SMARTS) is 1. The SMILES string of the molecule is Cc1ccc(Cl)cc1NC(=O)/C(C#N)=C\c1ccc(O[C@H](C)C(=O)O)cc1. The molecule has 0 bridgehead atoms. The molecule has 27 heavy (non-hydrogen) atoms. The molecule has 0 radical (unpaired) electrons. The maximum absolute atomic E-state index is 12.4. The molecule has 0 spiro atoms. The summed E-state index contributed by atoms with van der Waals surface area (Å²) in [6.07, 6.45) is 0.451. The lowest BCUT2D eigenvalue weighted by atomic mass is 10.1. The van der Waals surface area contributed by atoms with Gasteiger partial charge < -0.3 is 15.2 Å². The predicted octanol–water partition coefficient (Wildman–Crippen LogP) is 4.05. The Kier molecular flexibility index (Phi) is 6.58. The predicted molar refractivity (Wildman–Crippen MR) is 103 cm³/mol. The molecule has 2 aromatic carbocycles. The van der Waals surface area contributed by atoms with Gasteiger partial charge in [-0.3, -0.25) is 4.79 Å². The van der Waals surface area contributed by atoms with Crippen molar-refractivity contribution in [3.63, 3.8) is 0 Å². The van der Waals surface area contributed by atoms with Crippen molar-refractivity contribution >= 4 is 35.2 Å². The number of rotatable bonds is 6. The quantitative estimate of drug-likeness (QED) is 0.578. The van der Waals surface area contributed by atoms with Crippen LogP contribution in [0.1, 0.15) is 18.1 Å². The van der Waals surface area contributed by atoms with Crippen molar-refractivity contribution in [3.05, 3.63) is 64.2 Å². The molecule has 0 aromatic heterocycles. The molecule has 0 aliphatic heterocycles. The summed E-state index contributed by atoms with van der Waals surface area (Å²) in [4.78, 5) is 23.2. The van der Waals surface area contributed by atoms with E-state index in [1.807, 2.05) is 13.0 Å². The molecule has 6 nitrogen and oxygen atoms in total. The molecule has 1 atom stereocenters. The number of nitrogens with zero attached hydrogens (tertiary/aromatic N) is 1. The van der Waals surface area contributed by atoms with E-state index < -0.39 is 18.0 Å². The molecule has 2 aromatic rings. The normalized spacial score (nSPS) is 12.0. The zero-order valence-corrected chi connectivity index (χ0v) is 15.4. The highest BCUT2D eigenvalue weighted by atomic mass is 35.5. The first-order valence-electron chi connectivity index (χ1n) is 7.99. The average molecular weight is 385 g/mol. The van der Waals surface area contributed by atoms with Gasteiger partial charge in [-0.25, -0.2) is 4.79 Å². The highest BCUT2D eigenvalue weighted by molar-refractivity contribution is 6.31. The van der Waals surface area contributed by atoms with Gasteiger partial charge in [-0.15, -0.1) is 0 Å². The first-order valence-corrected chi connectivity index (χ1v) is 8.37. The van der Waals surface area contributed by atoms with E-state index in [1.165, 1.54) is 13.0 Å². The van der Waals surface area contributed by atoms with Crippen LogP contribution < -0.4 is 10.1 Å². The maximum Gasteiger partial charge on any atom is 0.344 e. The zero-order valence-electron chi connectivity index (χ0n) is 14.7. The molecule has 0 fully saturated rings. The van der Waals surface area contributed by atoms with E-state index in [0.717, 1.165) is 5.56 Å². The topological polar surface area (TPSA) is 99.4 Å². The molecule has 0 saturated carbocycles. The Morgan fingerprint density at radius 3 is 2.52 bits per heavy atom. The number of carboxylic acids is 1. The number of nitriles is 1. The van der Waals surface area contributed by atoms with Crippen LogP contribution in [0.4, 0.5) is 5.69 Å². The second-order valence-corrected chi connectivity index (χ2v) is 6.19. The number of hydrogen-bond acceptors (Lipinski definition) is 4. The number of amides is 1. The smallest absolute Gasteiger partial charge is 0.344 e. The third kappa shape index (κ3) is 5.59. The van der Waals surface area contributed by atoms with Gasteiger partial charge in [0.25, 0.3) is 5.91 Å². The first kappa shape index (κ1) is 20.0. The van der Waals surface area contributed by atoms with E-state index in [-0.39, 0.29) is 5.57 Å². The molecule has 0 saturated heterocycles. The fourth-order valence-corrected chi connectivity index (χ4v) is 2.30. The number of aliphatic carboxylic acids is 1. The molecule has 0 aliphatic carbocycles. The van der Waals surface area contributed by atoms with Crippen molar-refractivity contribution in [2.75, 3.05) is 5.32 Å². The van der Waals surface area contributed by atoms with Gasteiger partial charge in [0.1, 0.15) is 17.4 Å². The van der Waals surface area contributed by atoms with Gasteiger partial charge in [0.2, 0.25) is 0 Å². The minimum Gasteiger partial charge on any atom is -0.479 e. The summed E-state index contributed by atoms with van der Waals surface area (Å²) < 4.78 is 5.24. The first-order chi connectivity index (χ1) is 12.8. The summed E-state index contributed by atoms with van der Waals surface area (Å²) in [5, 5.41) is 21.3. The number of aryl methyl sites for hydroxylation is 1. The summed E-state index contributed by atoms with van der Waals surface area (Å²) in [5.74, 6) is -1.25. The highest BCUT2D eigenvalue weighted by Gasteiger charge is 2.13. The van der Waals surface area contributed by atoms with Crippen LogP contribution in [0.15, 0.2) is 48.0 Å². The van der Waals surface area contributed by atoms with E-state index in [0.29, 0.717) is 22.0 Å². The van der Waals surface area contributed by atoms with Crippen molar-refractivity contribution in [1.29, 1.82) is 5.26 Å². The van der Waals surface area contributed by atoms with Crippen molar-refractivity contribution < 1.29 is 19.4 Å². The molecule has 2 N–H and O–H groups in total. The minimum absolute atomic E-state index is 0.0815. The van der Waals surface area contributed by atoms with Crippen LogP contribution in [-0.2, 0) is 9.59 Å². The van der Waals surface area contributed by atoms with Crippen LogP contribution in [0.25, 0.3) is 6.08 Å². The molecule has 0 aliphatic rings. The number of ether oxygens (including phenoxy) is 1. The third-order valence-electron chi connectivity index (χ3n) is 3.66. The largest absolute Gasteiger partial charge is 0.479 e. The number of anilines is 1. The molecule has 7 heteroatoms. The summed E-state index contributed by atoms with van der Waals surface area (Å²) in [6.45, 7) is 3.24. The van der Waals surface area contributed by atoms with E-state index in [1.54, 1.807) is 42.5 Å². The van der Waals surface area contributed by atoms with E-state index in [9.17, 15) is 14.9 Å².